The van der Waals surface area contributed by atoms with E-state index < -0.39 is 17.0 Å². The van der Waals surface area contributed by atoms with E-state index in [1.54, 1.807) is 24.3 Å². The number of halogens is 1. The van der Waals surface area contributed by atoms with Crippen LogP contribution >= 0.6 is 0 Å². The highest BCUT2D eigenvalue weighted by Gasteiger charge is 2.29. The fraction of sp³-hybridized carbons (Fsp3) is 0.400. The minimum Gasteiger partial charge on any atom is -0.508 e. The van der Waals surface area contributed by atoms with Crippen molar-refractivity contribution in [2.45, 2.75) is 35.6 Å². The third kappa shape index (κ3) is 5.13. The van der Waals surface area contributed by atoms with Crippen molar-refractivity contribution in [2.75, 3.05) is 19.6 Å². The molecule has 0 spiro atoms. The van der Waals surface area contributed by atoms with Crippen LogP contribution in [-0.2, 0) is 17.2 Å². The molecule has 0 aromatic heterocycles. The van der Waals surface area contributed by atoms with Crippen molar-refractivity contribution < 1.29 is 13.7 Å². The van der Waals surface area contributed by atoms with E-state index in [0.29, 0.717) is 19.5 Å². The maximum Gasteiger partial charge on any atom is 0.115 e. The Morgan fingerprint density at radius 2 is 1.88 bits per heavy atom. The summed E-state index contributed by atoms with van der Waals surface area (Å²) in [7, 11) is -1.11. The van der Waals surface area contributed by atoms with Gasteiger partial charge in [0.25, 0.3) is 0 Å². The highest BCUT2D eigenvalue weighted by molar-refractivity contribution is 7.85. The van der Waals surface area contributed by atoms with Crippen LogP contribution in [0.15, 0.2) is 59.5 Å². The first-order valence-corrected chi connectivity index (χ1v) is 9.93. The first kappa shape index (κ1) is 18.1. The van der Waals surface area contributed by atoms with E-state index in [2.05, 4.69) is 4.90 Å². The molecule has 0 bridgehead atoms. The van der Waals surface area contributed by atoms with Crippen LogP contribution in [0.2, 0.25) is 0 Å². The molecular formula is C20H24FNO2S. The summed E-state index contributed by atoms with van der Waals surface area (Å²) in [6, 6.07) is 16.5. The van der Waals surface area contributed by atoms with Gasteiger partial charge in [0.1, 0.15) is 11.9 Å². The fourth-order valence-corrected chi connectivity index (χ4v) is 4.70. The van der Waals surface area contributed by atoms with E-state index in [-0.39, 0.29) is 11.0 Å². The molecule has 2 unspecified atom stereocenters. The van der Waals surface area contributed by atoms with Gasteiger partial charge in [-0.15, -0.1) is 0 Å². The molecule has 1 saturated heterocycles. The van der Waals surface area contributed by atoms with Gasteiger partial charge in [-0.3, -0.25) is 9.11 Å². The van der Waals surface area contributed by atoms with E-state index in [9.17, 15) is 13.7 Å². The minimum absolute atomic E-state index is 0.0332. The molecule has 1 heterocycles. The van der Waals surface area contributed by atoms with Crippen LogP contribution < -0.4 is 0 Å². The highest BCUT2D eigenvalue weighted by atomic mass is 32.2. The number of phenols is 1. The van der Waals surface area contributed by atoms with E-state index >= 15 is 0 Å². The van der Waals surface area contributed by atoms with Crippen LogP contribution in [0.1, 0.15) is 18.4 Å². The second-order valence-corrected chi connectivity index (χ2v) is 8.32. The summed E-state index contributed by atoms with van der Waals surface area (Å²) in [4.78, 5) is 2.81. The second-order valence-electron chi connectivity index (χ2n) is 6.58. The number of alkyl halides is 1. The Balaban J connectivity index is 1.46. The van der Waals surface area contributed by atoms with Crippen molar-refractivity contribution in [3.63, 3.8) is 0 Å². The zero-order valence-electron chi connectivity index (χ0n) is 14.2. The second kappa shape index (κ2) is 8.59. The van der Waals surface area contributed by atoms with Gasteiger partial charge in [0.2, 0.25) is 0 Å². The van der Waals surface area contributed by atoms with Gasteiger partial charge in [-0.05, 0) is 55.6 Å². The number of aryl methyl sites for hydroxylation is 1. The van der Waals surface area contributed by atoms with E-state index in [0.717, 1.165) is 29.8 Å². The molecule has 0 radical (unpaired) electrons. The lowest BCUT2D eigenvalue weighted by Crippen LogP contribution is -2.30. The van der Waals surface area contributed by atoms with Gasteiger partial charge >= 0.3 is 0 Å². The smallest absolute Gasteiger partial charge is 0.115 e. The summed E-state index contributed by atoms with van der Waals surface area (Å²) in [6.45, 7) is 1.87. The van der Waals surface area contributed by atoms with Crippen LogP contribution in [0.3, 0.4) is 0 Å². The van der Waals surface area contributed by atoms with Gasteiger partial charge in [-0.25, -0.2) is 4.39 Å². The number of hydrogen-bond donors (Lipinski definition) is 1. The van der Waals surface area contributed by atoms with E-state index in [1.165, 1.54) is 0 Å². The Morgan fingerprint density at radius 1 is 1.16 bits per heavy atom. The Labute approximate surface area is 150 Å². The number of hydrogen-bond acceptors (Lipinski definition) is 3. The predicted octanol–water partition coefficient (Wildman–Crippen LogP) is 3.55. The highest BCUT2D eigenvalue weighted by Crippen LogP contribution is 2.23. The van der Waals surface area contributed by atoms with Crippen LogP contribution in [0.5, 0.6) is 5.75 Å². The first-order chi connectivity index (χ1) is 12.1. The Hall–Kier alpha value is -1.72. The third-order valence-electron chi connectivity index (χ3n) is 4.65. The summed E-state index contributed by atoms with van der Waals surface area (Å²) in [5.74, 6) is 0.174. The normalized spacial score (nSPS) is 20.4. The van der Waals surface area contributed by atoms with Crippen LogP contribution in [0.25, 0.3) is 0 Å². The van der Waals surface area contributed by atoms with Crippen molar-refractivity contribution >= 4 is 10.8 Å². The number of benzene rings is 2. The lowest BCUT2D eigenvalue weighted by atomic mass is 10.1. The lowest BCUT2D eigenvalue weighted by molar-refractivity contribution is 0.211. The van der Waals surface area contributed by atoms with Crippen molar-refractivity contribution in [3.8, 4) is 5.75 Å². The van der Waals surface area contributed by atoms with Gasteiger partial charge in [0.05, 0.1) is 16.0 Å². The van der Waals surface area contributed by atoms with Crippen molar-refractivity contribution in [1.82, 2.24) is 4.90 Å². The molecule has 3 atom stereocenters. The maximum absolute atomic E-state index is 14.3. The lowest BCUT2D eigenvalue weighted by Gasteiger charge is -2.18. The molecule has 1 fully saturated rings. The van der Waals surface area contributed by atoms with Crippen LogP contribution in [-0.4, -0.2) is 45.3 Å². The Kier molecular flexibility index (Phi) is 6.21. The molecule has 0 saturated carbocycles. The van der Waals surface area contributed by atoms with Gasteiger partial charge in [-0.2, -0.15) is 0 Å². The van der Waals surface area contributed by atoms with Crippen LogP contribution in [0, 0.1) is 0 Å². The third-order valence-corrected chi connectivity index (χ3v) is 6.37. The molecule has 1 aliphatic heterocycles. The van der Waals surface area contributed by atoms with Gasteiger partial charge in [-0.1, -0.05) is 30.3 Å². The zero-order chi connectivity index (χ0) is 17.6. The molecule has 2 aromatic carbocycles. The summed E-state index contributed by atoms with van der Waals surface area (Å²) < 4.78 is 26.9. The summed E-state index contributed by atoms with van der Waals surface area (Å²) in [5, 5.41) is 9.36. The van der Waals surface area contributed by atoms with E-state index in [1.807, 2.05) is 30.3 Å². The molecule has 3 rings (SSSR count). The number of rotatable bonds is 7. The quantitative estimate of drug-likeness (QED) is 0.820. The Morgan fingerprint density at radius 3 is 2.60 bits per heavy atom. The SMILES string of the molecule is O=S(c1ccc(O)cc1)[C@H]1CCN(CC(F)CCc2ccccc2)C1. The molecule has 25 heavy (non-hydrogen) atoms. The first-order valence-electron chi connectivity index (χ1n) is 8.72. The van der Waals surface area contributed by atoms with Crippen molar-refractivity contribution in [1.29, 1.82) is 0 Å². The maximum atomic E-state index is 14.3. The number of aromatic hydroxyl groups is 1. The predicted molar refractivity (Wildman–Crippen MR) is 99.0 cm³/mol. The molecule has 1 N–H and O–H groups in total. The fourth-order valence-electron chi connectivity index (χ4n) is 3.25. The molecule has 1 aliphatic rings. The molecule has 0 aliphatic carbocycles. The molecule has 134 valence electrons. The average molecular weight is 361 g/mol. The van der Waals surface area contributed by atoms with Crippen molar-refractivity contribution in [3.05, 3.63) is 60.2 Å². The molecule has 5 heteroatoms. The minimum atomic E-state index is -1.11. The summed E-state index contributed by atoms with van der Waals surface area (Å²) in [5.41, 5.74) is 1.16. The average Bonchev–Trinajstić information content (AvgIpc) is 3.09. The molecular weight excluding hydrogens is 337 g/mol. The van der Waals surface area contributed by atoms with Crippen molar-refractivity contribution in [2.24, 2.45) is 0 Å². The topological polar surface area (TPSA) is 40.5 Å². The number of likely N-dealkylation sites (tertiary alicyclic amines) is 1. The van der Waals surface area contributed by atoms with E-state index in [4.69, 9.17) is 0 Å². The standard InChI is InChI=1S/C20H24FNO2S/c21-17(7-6-16-4-2-1-3-5-16)14-22-13-12-20(15-22)25(24)19-10-8-18(23)9-11-19/h1-5,8-11,17,20,23H,6-7,12-15H2/t17?,20-,25?/m0/s1. The van der Waals surface area contributed by atoms with Crippen LogP contribution in [0.4, 0.5) is 4.39 Å². The Bertz CT molecular complexity index is 693. The largest absolute Gasteiger partial charge is 0.508 e. The summed E-state index contributed by atoms with van der Waals surface area (Å²) >= 11 is 0. The number of nitrogens with zero attached hydrogens (tertiary/aromatic N) is 1. The monoisotopic (exact) mass is 361 g/mol. The molecule has 0 amide bonds. The zero-order valence-corrected chi connectivity index (χ0v) is 15.0. The summed E-state index contributed by atoms with van der Waals surface area (Å²) in [6.07, 6.45) is 1.23. The van der Waals surface area contributed by atoms with Gasteiger partial charge < -0.3 is 5.11 Å². The van der Waals surface area contributed by atoms with Gasteiger partial charge in [0.15, 0.2) is 0 Å². The number of phenolic OH excluding ortho intramolecular Hbond substituents is 1. The molecule has 3 nitrogen and oxygen atoms in total. The molecule has 2 aromatic rings. The van der Waals surface area contributed by atoms with Gasteiger partial charge in [0, 0.05) is 18.0 Å².